The molecule has 268 valence electrons. The first kappa shape index (κ1) is 43.6. The molecule has 0 fully saturated rings. The summed E-state index contributed by atoms with van der Waals surface area (Å²) in [7, 11) is 0. The summed E-state index contributed by atoms with van der Waals surface area (Å²) < 4.78 is 40.2. The molecule has 0 bridgehead atoms. The molecule has 0 spiro atoms. The van der Waals surface area contributed by atoms with Crippen LogP contribution in [0.3, 0.4) is 0 Å². The molecule has 0 radical (unpaired) electrons. The zero-order valence-corrected chi connectivity index (χ0v) is 28.6. The van der Waals surface area contributed by atoms with Crippen LogP contribution in [0.2, 0.25) is 0 Å². The fraction of sp³-hybridized carbons (Fsp3) is 0.938. The molecule has 1 amide bonds. The molecule has 0 aliphatic carbocycles. The molecule has 7 N–H and O–H groups in total. The van der Waals surface area contributed by atoms with Crippen LogP contribution in [0.25, 0.3) is 0 Å². The Morgan fingerprint density at radius 3 is 1.24 bits per heavy atom. The van der Waals surface area contributed by atoms with Gasteiger partial charge in [0.25, 0.3) is 0 Å². The van der Waals surface area contributed by atoms with Crippen molar-refractivity contribution in [1.82, 2.24) is 5.32 Å². The number of unbranched alkanes of at least 4 members (excludes halogenated alkanes) is 1. The number of nitrogens with one attached hydrogen (secondary N) is 1. The van der Waals surface area contributed by atoms with Gasteiger partial charge in [-0.15, -0.1) is 0 Å². The summed E-state index contributed by atoms with van der Waals surface area (Å²) in [5.41, 5.74) is 15.1. The number of amides is 1. The van der Waals surface area contributed by atoms with E-state index < -0.39 is 11.1 Å². The Kier molecular flexibility index (Phi) is 29.0. The van der Waals surface area contributed by atoms with Gasteiger partial charge in [-0.25, -0.2) is 0 Å². The van der Waals surface area contributed by atoms with E-state index >= 15 is 0 Å². The average molecular weight is 651 g/mol. The molecule has 0 aromatic carbocycles. The maximum atomic E-state index is 13.2. The summed E-state index contributed by atoms with van der Waals surface area (Å²) in [5, 5.41) is 3.15. The van der Waals surface area contributed by atoms with Crippen molar-refractivity contribution in [2.24, 2.45) is 17.2 Å². The van der Waals surface area contributed by atoms with Crippen molar-refractivity contribution in [1.29, 1.82) is 0 Å². The molecule has 0 aliphatic rings. The van der Waals surface area contributed by atoms with Crippen molar-refractivity contribution in [3.8, 4) is 0 Å². The number of hydrogen-bond acceptors (Lipinski definition) is 12. The predicted molar refractivity (Wildman–Crippen MR) is 175 cm³/mol. The molecule has 0 saturated heterocycles. The Morgan fingerprint density at radius 1 is 0.511 bits per heavy atom. The van der Waals surface area contributed by atoms with Gasteiger partial charge in [0.1, 0.15) is 11.1 Å². The quantitative estimate of drug-likeness (QED) is 0.0599. The monoisotopic (exact) mass is 650 g/mol. The number of carbonyl (C=O) groups excluding carboxylic acids is 2. The van der Waals surface area contributed by atoms with Crippen molar-refractivity contribution < 1.29 is 42.7 Å². The molecule has 45 heavy (non-hydrogen) atoms. The minimum atomic E-state index is -0.899. The predicted octanol–water partition coefficient (Wildman–Crippen LogP) is 2.06. The van der Waals surface area contributed by atoms with E-state index in [0.717, 1.165) is 19.3 Å². The van der Waals surface area contributed by atoms with Gasteiger partial charge in [-0.3, -0.25) is 9.59 Å². The molecule has 0 rings (SSSR count). The Balaban J connectivity index is 5.15. The highest BCUT2D eigenvalue weighted by Crippen LogP contribution is 2.14. The highest BCUT2D eigenvalue weighted by Gasteiger charge is 2.33. The number of carbonyl (C=O) groups is 2. The molecule has 0 aliphatic heterocycles. The zero-order valence-electron chi connectivity index (χ0n) is 28.6. The van der Waals surface area contributed by atoms with Crippen molar-refractivity contribution >= 4 is 11.9 Å². The number of hydrogen-bond donors (Lipinski definition) is 4. The minimum absolute atomic E-state index is 0.157. The summed E-state index contributed by atoms with van der Waals surface area (Å²) >= 11 is 0. The molecule has 0 saturated carbocycles. The minimum Gasteiger partial charge on any atom is -0.460 e. The van der Waals surface area contributed by atoms with Crippen LogP contribution >= 0.6 is 0 Å². The van der Waals surface area contributed by atoms with E-state index in [0.29, 0.717) is 111 Å². The van der Waals surface area contributed by atoms with Gasteiger partial charge in [-0.2, -0.15) is 0 Å². The second kappa shape index (κ2) is 29.9. The Labute approximate surface area is 272 Å². The van der Waals surface area contributed by atoms with E-state index in [1.54, 1.807) is 0 Å². The fourth-order valence-corrected chi connectivity index (χ4v) is 3.99. The van der Waals surface area contributed by atoms with Crippen molar-refractivity contribution in [3.05, 3.63) is 0 Å². The lowest BCUT2D eigenvalue weighted by atomic mass is 10.0. The number of rotatable bonds is 33. The molecule has 0 aromatic rings. The Hall–Kier alpha value is -1.42. The highest BCUT2D eigenvalue weighted by molar-refractivity contribution is 5.77. The molecular formula is C32H66N4O9. The van der Waals surface area contributed by atoms with Gasteiger partial charge in [0.15, 0.2) is 0 Å². The summed E-state index contributed by atoms with van der Waals surface area (Å²) in [6.07, 6.45) is 6.20. The van der Waals surface area contributed by atoms with E-state index in [1.807, 2.05) is 20.8 Å². The topological polar surface area (TPSA) is 189 Å². The summed E-state index contributed by atoms with van der Waals surface area (Å²) in [5.74, 6) is -0.422. The van der Waals surface area contributed by atoms with Crippen LogP contribution in [0.5, 0.6) is 0 Å². The van der Waals surface area contributed by atoms with Crippen LogP contribution in [0.4, 0.5) is 0 Å². The smallest absolute Gasteiger partial charge is 0.306 e. The molecular weight excluding hydrogens is 584 g/mol. The highest BCUT2D eigenvalue weighted by atomic mass is 16.6. The first-order valence-electron chi connectivity index (χ1n) is 16.8. The second-order valence-corrected chi connectivity index (χ2v) is 12.1. The summed E-state index contributed by atoms with van der Waals surface area (Å²) in [4.78, 5) is 25.2. The van der Waals surface area contributed by atoms with Crippen molar-refractivity contribution in [2.75, 3.05) is 98.9 Å². The lowest BCUT2D eigenvalue weighted by Gasteiger charge is -2.34. The van der Waals surface area contributed by atoms with Gasteiger partial charge < -0.3 is 55.7 Å². The van der Waals surface area contributed by atoms with Gasteiger partial charge in [0.05, 0.1) is 19.8 Å². The van der Waals surface area contributed by atoms with Gasteiger partial charge in [0.2, 0.25) is 5.91 Å². The van der Waals surface area contributed by atoms with E-state index in [1.165, 1.54) is 0 Å². The SMILES string of the molecule is CC(C)(C)OC(=O)CCCCC(=O)NC(COCCCOCCCN)(COCCCOCCCN)COCCCOCCCN. The molecule has 0 aromatic heterocycles. The van der Waals surface area contributed by atoms with E-state index in [9.17, 15) is 9.59 Å². The number of esters is 1. The summed E-state index contributed by atoms with van der Waals surface area (Å²) in [6.45, 7) is 12.9. The molecule has 13 heteroatoms. The van der Waals surface area contributed by atoms with Gasteiger partial charge >= 0.3 is 5.97 Å². The number of nitrogens with two attached hydrogens (primary N) is 3. The van der Waals surface area contributed by atoms with Crippen LogP contribution in [0.15, 0.2) is 0 Å². The lowest BCUT2D eigenvalue weighted by molar-refractivity contribution is -0.155. The van der Waals surface area contributed by atoms with E-state index in [4.69, 9.17) is 50.4 Å². The third-order valence-electron chi connectivity index (χ3n) is 6.20. The van der Waals surface area contributed by atoms with Crippen LogP contribution < -0.4 is 22.5 Å². The zero-order chi connectivity index (χ0) is 33.5. The Morgan fingerprint density at radius 2 is 0.867 bits per heavy atom. The normalized spacial score (nSPS) is 12.0. The largest absolute Gasteiger partial charge is 0.460 e. The third-order valence-corrected chi connectivity index (χ3v) is 6.20. The van der Waals surface area contributed by atoms with Crippen LogP contribution in [-0.2, 0) is 42.7 Å². The standard InChI is InChI=1S/C32H66N4O9/c1-31(2,3)45-30(38)13-5-4-12-29(37)36-32(26-42-23-9-20-39-17-6-14-33,27-43-24-10-21-40-18-7-15-34)28-44-25-11-22-41-19-8-16-35/h4-28,33-35H2,1-3H3,(H,36,37). The van der Waals surface area contributed by atoms with Gasteiger partial charge in [-0.1, -0.05) is 0 Å². The van der Waals surface area contributed by atoms with Gasteiger partial charge in [-0.05, 0) is 91.8 Å². The van der Waals surface area contributed by atoms with E-state index in [-0.39, 0.29) is 44.5 Å². The van der Waals surface area contributed by atoms with Crippen LogP contribution in [0.1, 0.15) is 85.0 Å². The fourth-order valence-electron chi connectivity index (χ4n) is 3.99. The van der Waals surface area contributed by atoms with E-state index in [2.05, 4.69) is 5.32 Å². The van der Waals surface area contributed by atoms with Crippen LogP contribution in [0, 0.1) is 0 Å². The van der Waals surface area contributed by atoms with Gasteiger partial charge in [0, 0.05) is 72.3 Å². The average Bonchev–Trinajstić information content (AvgIpc) is 2.98. The Bertz CT molecular complexity index is 646. The molecule has 13 nitrogen and oxygen atoms in total. The molecule has 0 atom stereocenters. The third kappa shape index (κ3) is 29.7. The molecule has 0 heterocycles. The lowest BCUT2D eigenvalue weighted by Crippen LogP contribution is -2.58. The second-order valence-electron chi connectivity index (χ2n) is 12.1. The maximum absolute atomic E-state index is 13.2. The summed E-state index contributed by atoms with van der Waals surface area (Å²) in [6, 6.07) is 0. The van der Waals surface area contributed by atoms with Crippen molar-refractivity contribution in [3.63, 3.8) is 0 Å². The number of ether oxygens (including phenoxy) is 7. The molecule has 0 unspecified atom stereocenters. The van der Waals surface area contributed by atoms with Crippen molar-refractivity contribution in [2.45, 2.75) is 96.1 Å². The van der Waals surface area contributed by atoms with Crippen LogP contribution in [-0.4, -0.2) is 122 Å². The first-order valence-corrected chi connectivity index (χ1v) is 16.8. The maximum Gasteiger partial charge on any atom is 0.306 e. The first-order chi connectivity index (χ1) is 21.7.